The topological polar surface area (TPSA) is 50.5 Å². The van der Waals surface area contributed by atoms with Gasteiger partial charge in [-0.2, -0.15) is 9.49 Å². The van der Waals surface area contributed by atoms with Gasteiger partial charge in [0, 0.05) is 24.5 Å². The van der Waals surface area contributed by atoms with Crippen molar-refractivity contribution >= 4 is 23.0 Å². The third-order valence-corrected chi connectivity index (χ3v) is 5.91. The van der Waals surface area contributed by atoms with Gasteiger partial charge in [-0.25, -0.2) is 9.50 Å². The molecule has 30 heavy (non-hydrogen) atoms. The van der Waals surface area contributed by atoms with Gasteiger partial charge in [-0.3, -0.25) is 4.79 Å². The van der Waals surface area contributed by atoms with Gasteiger partial charge in [0.2, 0.25) is 5.95 Å². The van der Waals surface area contributed by atoms with Crippen molar-refractivity contribution < 1.29 is 9.18 Å². The lowest BCUT2D eigenvalue weighted by atomic mass is 9.87. The lowest BCUT2D eigenvalue weighted by Gasteiger charge is -2.36. The van der Waals surface area contributed by atoms with Crippen LogP contribution < -0.4 is 0 Å². The fraction of sp³-hybridized carbons (Fsp3) is 0.174. The molecule has 0 fully saturated rings. The smallest absolute Gasteiger partial charge is 0.274 e. The number of fused-ring (bicyclic) bond motifs is 2. The van der Waals surface area contributed by atoms with E-state index in [1.54, 1.807) is 35.0 Å². The number of carbonyl (C=O) groups is 1. The first-order valence-electron chi connectivity index (χ1n) is 9.71. The molecule has 0 saturated carbocycles. The molecule has 5 nitrogen and oxygen atoms in total. The third-order valence-electron chi connectivity index (χ3n) is 5.69. The number of hydrogen-bond donors (Lipinski definition) is 0. The van der Waals surface area contributed by atoms with E-state index in [0.29, 0.717) is 29.2 Å². The average molecular weight is 421 g/mol. The Morgan fingerprint density at radius 3 is 2.83 bits per heavy atom. The van der Waals surface area contributed by atoms with E-state index in [1.165, 1.54) is 6.20 Å². The zero-order chi connectivity index (χ0) is 20.8. The van der Waals surface area contributed by atoms with Crippen molar-refractivity contribution in [2.75, 3.05) is 6.54 Å². The Bertz CT molecular complexity index is 1290. The van der Waals surface area contributed by atoms with E-state index in [0.717, 1.165) is 22.2 Å². The Kier molecular flexibility index (Phi) is 4.51. The van der Waals surface area contributed by atoms with Crippen LogP contribution in [-0.2, 0) is 6.42 Å². The lowest BCUT2D eigenvalue weighted by Crippen LogP contribution is -2.39. The van der Waals surface area contributed by atoms with Crippen molar-refractivity contribution in [3.63, 3.8) is 0 Å². The highest BCUT2D eigenvalue weighted by Crippen LogP contribution is 2.37. The summed E-state index contributed by atoms with van der Waals surface area (Å²) in [5.74, 6) is -0.619. The normalized spacial score (nSPS) is 16.0. The predicted molar refractivity (Wildman–Crippen MR) is 113 cm³/mol. The van der Waals surface area contributed by atoms with Gasteiger partial charge >= 0.3 is 0 Å². The van der Waals surface area contributed by atoms with E-state index in [2.05, 4.69) is 10.1 Å². The van der Waals surface area contributed by atoms with Crippen LogP contribution in [0.3, 0.4) is 0 Å². The Morgan fingerprint density at radius 2 is 2.00 bits per heavy atom. The largest absolute Gasteiger partial charge is 0.330 e. The van der Waals surface area contributed by atoms with Crippen molar-refractivity contribution in [2.45, 2.75) is 19.4 Å². The Labute approximate surface area is 177 Å². The summed E-state index contributed by atoms with van der Waals surface area (Å²) in [4.78, 5) is 18.8. The fourth-order valence-corrected chi connectivity index (χ4v) is 4.35. The lowest BCUT2D eigenvalue weighted by molar-refractivity contribution is 0.0671. The van der Waals surface area contributed by atoms with Gasteiger partial charge < -0.3 is 4.90 Å². The molecule has 0 saturated heterocycles. The van der Waals surface area contributed by atoms with Gasteiger partial charge in [0.25, 0.3) is 5.91 Å². The summed E-state index contributed by atoms with van der Waals surface area (Å²) in [6, 6.07) is 14.5. The maximum absolute atomic E-state index is 14.3. The van der Waals surface area contributed by atoms with Crippen LogP contribution in [0, 0.1) is 5.95 Å². The van der Waals surface area contributed by atoms with E-state index >= 15 is 0 Å². The van der Waals surface area contributed by atoms with Crippen LogP contribution in [0.4, 0.5) is 4.39 Å². The maximum Gasteiger partial charge on any atom is 0.274 e. The van der Waals surface area contributed by atoms with Crippen LogP contribution in [0.25, 0.3) is 16.6 Å². The molecule has 1 unspecified atom stereocenters. The average Bonchev–Trinajstić information content (AvgIpc) is 3.17. The van der Waals surface area contributed by atoms with Crippen molar-refractivity contribution in [3.8, 4) is 11.1 Å². The molecule has 150 valence electrons. The van der Waals surface area contributed by atoms with Gasteiger partial charge in [-0.1, -0.05) is 29.8 Å². The summed E-state index contributed by atoms with van der Waals surface area (Å²) in [6.07, 6.45) is 3.76. The van der Waals surface area contributed by atoms with E-state index in [9.17, 15) is 9.18 Å². The maximum atomic E-state index is 14.3. The summed E-state index contributed by atoms with van der Waals surface area (Å²) in [5.41, 5.74) is 4.58. The third kappa shape index (κ3) is 3.04. The van der Waals surface area contributed by atoms with Gasteiger partial charge in [0.1, 0.15) is 0 Å². The number of amides is 1. The van der Waals surface area contributed by atoms with Gasteiger partial charge in [-0.05, 0) is 60.4 Å². The molecular formula is C23H18ClFN4O. The quantitative estimate of drug-likeness (QED) is 0.431. The molecule has 3 aromatic heterocycles. The van der Waals surface area contributed by atoms with Crippen LogP contribution in [-0.4, -0.2) is 31.9 Å². The molecule has 0 N–H and O–H groups in total. The zero-order valence-corrected chi connectivity index (χ0v) is 17.0. The molecule has 0 aliphatic carbocycles. The van der Waals surface area contributed by atoms with Crippen molar-refractivity contribution in [3.05, 3.63) is 88.7 Å². The van der Waals surface area contributed by atoms with Crippen LogP contribution in [0.1, 0.15) is 34.6 Å². The Hall–Kier alpha value is -3.25. The molecule has 4 aromatic rings. The van der Waals surface area contributed by atoms with Gasteiger partial charge in [0.15, 0.2) is 5.69 Å². The molecule has 0 radical (unpaired) electrons. The first-order valence-corrected chi connectivity index (χ1v) is 10.1. The van der Waals surface area contributed by atoms with Crippen molar-refractivity contribution in [2.24, 2.45) is 0 Å². The van der Waals surface area contributed by atoms with E-state index in [-0.39, 0.29) is 11.9 Å². The molecule has 0 bridgehead atoms. The highest BCUT2D eigenvalue weighted by Gasteiger charge is 2.31. The first-order chi connectivity index (χ1) is 14.5. The minimum atomic E-state index is -0.486. The second kappa shape index (κ2) is 7.22. The molecule has 5 rings (SSSR count). The number of benzene rings is 1. The molecule has 1 aromatic carbocycles. The minimum absolute atomic E-state index is 0.133. The number of pyridine rings is 2. The zero-order valence-electron chi connectivity index (χ0n) is 16.2. The molecule has 1 amide bonds. The molecule has 0 spiro atoms. The molecule has 4 heterocycles. The monoisotopic (exact) mass is 420 g/mol. The Morgan fingerprint density at radius 1 is 1.17 bits per heavy atom. The summed E-state index contributed by atoms with van der Waals surface area (Å²) in [5, 5.41) is 4.95. The van der Waals surface area contributed by atoms with E-state index < -0.39 is 5.95 Å². The van der Waals surface area contributed by atoms with Crippen LogP contribution >= 0.6 is 11.6 Å². The summed E-state index contributed by atoms with van der Waals surface area (Å²) < 4.78 is 15.9. The Balaban J connectivity index is 1.50. The molecule has 1 atom stereocenters. The number of aromatic nitrogens is 3. The summed E-state index contributed by atoms with van der Waals surface area (Å²) in [6.45, 7) is 2.52. The molecule has 7 heteroatoms. The number of hydrogen-bond acceptors (Lipinski definition) is 3. The van der Waals surface area contributed by atoms with E-state index in [1.807, 2.05) is 36.1 Å². The fourth-order valence-electron chi connectivity index (χ4n) is 4.20. The van der Waals surface area contributed by atoms with Gasteiger partial charge in [-0.15, -0.1) is 0 Å². The highest BCUT2D eigenvalue weighted by molar-refractivity contribution is 6.30. The van der Waals surface area contributed by atoms with Crippen molar-refractivity contribution in [1.29, 1.82) is 0 Å². The summed E-state index contributed by atoms with van der Waals surface area (Å²) >= 11 is 6.02. The number of rotatable bonds is 2. The first kappa shape index (κ1) is 18.8. The highest BCUT2D eigenvalue weighted by atomic mass is 35.5. The number of halogens is 2. The predicted octanol–water partition coefficient (Wildman–Crippen LogP) is 4.95. The SMILES string of the molecule is CC1c2cccc(-c3cccnc3F)c2CCN1C(=O)c1cc2ccc(Cl)cn2n1. The van der Waals surface area contributed by atoms with Crippen LogP contribution in [0.5, 0.6) is 0 Å². The summed E-state index contributed by atoms with van der Waals surface area (Å²) in [7, 11) is 0. The molecule has 1 aliphatic rings. The number of carbonyl (C=O) groups excluding carboxylic acids is 1. The molecule has 1 aliphatic heterocycles. The molecular weight excluding hydrogens is 403 g/mol. The van der Waals surface area contributed by atoms with Gasteiger partial charge in [0.05, 0.1) is 16.6 Å². The standard InChI is InChI=1S/C23H18ClFN4O/c1-14-17-4-2-5-18(20-6-3-10-26-22(20)25)19(17)9-11-28(14)23(30)21-12-16-8-7-15(24)13-29(16)27-21/h2-8,10,12-14H,9,11H2,1H3. The second-order valence-corrected chi connectivity index (χ2v) is 7.82. The van der Waals surface area contributed by atoms with Crippen molar-refractivity contribution in [1.82, 2.24) is 19.5 Å². The second-order valence-electron chi connectivity index (χ2n) is 7.39. The number of nitrogens with zero attached hydrogens (tertiary/aromatic N) is 4. The van der Waals surface area contributed by atoms with Crippen LogP contribution in [0.15, 0.2) is 60.9 Å². The van der Waals surface area contributed by atoms with Crippen LogP contribution in [0.2, 0.25) is 5.02 Å². The van der Waals surface area contributed by atoms with E-state index in [4.69, 9.17) is 11.6 Å². The minimum Gasteiger partial charge on any atom is -0.330 e.